The zero-order valence-electron chi connectivity index (χ0n) is 9.36. The average molecular weight is 262 g/mol. The van der Waals surface area contributed by atoms with Crippen molar-refractivity contribution in [1.29, 1.82) is 5.26 Å². The van der Waals surface area contributed by atoms with Gasteiger partial charge in [0.1, 0.15) is 5.75 Å². The van der Waals surface area contributed by atoms with E-state index in [0.29, 0.717) is 16.3 Å². The molecule has 0 heterocycles. The number of benzene rings is 2. The third kappa shape index (κ3) is 2.99. The van der Waals surface area contributed by atoms with Gasteiger partial charge in [-0.1, -0.05) is 17.7 Å². The van der Waals surface area contributed by atoms with E-state index in [4.69, 9.17) is 21.6 Å². The third-order valence-corrected chi connectivity index (χ3v) is 2.57. The number of hydrogen-bond donors (Lipinski definition) is 0. The predicted octanol–water partition coefficient (Wildman–Crippen LogP) is 4.34. The van der Waals surface area contributed by atoms with Gasteiger partial charge in [-0.3, -0.25) is 0 Å². The van der Waals surface area contributed by atoms with Gasteiger partial charge in [0.15, 0.2) is 11.6 Å². The topological polar surface area (TPSA) is 33.0 Å². The Hall–Kier alpha value is -2.05. The Balaban J connectivity index is 2.19. The summed E-state index contributed by atoms with van der Waals surface area (Å²) in [4.78, 5) is 0. The molecule has 2 aromatic rings. The molecule has 0 radical (unpaired) electrons. The van der Waals surface area contributed by atoms with Gasteiger partial charge >= 0.3 is 0 Å². The van der Waals surface area contributed by atoms with Gasteiger partial charge in [0, 0.05) is 5.02 Å². The van der Waals surface area contributed by atoms with Gasteiger partial charge in [-0.2, -0.15) is 5.26 Å². The summed E-state index contributed by atoms with van der Waals surface area (Å²) < 4.78 is 19.1. The summed E-state index contributed by atoms with van der Waals surface area (Å²) in [6.07, 6.45) is 0.179. The smallest absolute Gasteiger partial charge is 0.166 e. The second-order valence-electron chi connectivity index (χ2n) is 3.66. The fraction of sp³-hybridized carbons (Fsp3) is 0.0714. The molecule has 0 aliphatic carbocycles. The van der Waals surface area contributed by atoms with Crippen molar-refractivity contribution >= 4 is 11.6 Å². The van der Waals surface area contributed by atoms with Crippen LogP contribution in [0.3, 0.4) is 0 Å². The first kappa shape index (κ1) is 12.4. The van der Waals surface area contributed by atoms with E-state index in [9.17, 15) is 4.39 Å². The molecule has 0 aliphatic heterocycles. The molecule has 0 bridgehead atoms. The molecule has 4 heteroatoms. The van der Waals surface area contributed by atoms with E-state index in [1.165, 1.54) is 12.1 Å². The quantitative estimate of drug-likeness (QED) is 0.823. The number of nitriles is 1. The molecule has 0 aromatic heterocycles. The maximum atomic E-state index is 13.7. The number of hydrogen-bond acceptors (Lipinski definition) is 2. The Bertz CT molecular complexity index is 590. The second-order valence-corrected chi connectivity index (χ2v) is 4.09. The van der Waals surface area contributed by atoms with E-state index in [1.807, 2.05) is 6.07 Å². The van der Waals surface area contributed by atoms with Gasteiger partial charge in [0.25, 0.3) is 0 Å². The number of rotatable bonds is 3. The van der Waals surface area contributed by atoms with Gasteiger partial charge in [0.05, 0.1) is 12.5 Å². The van der Waals surface area contributed by atoms with Crippen LogP contribution in [0.2, 0.25) is 5.02 Å². The van der Waals surface area contributed by atoms with Crippen LogP contribution in [0.4, 0.5) is 4.39 Å². The van der Waals surface area contributed by atoms with Gasteiger partial charge in [0.2, 0.25) is 0 Å². The summed E-state index contributed by atoms with van der Waals surface area (Å²) in [5.41, 5.74) is 0.624. The summed E-state index contributed by atoms with van der Waals surface area (Å²) in [5, 5.41) is 9.11. The molecular weight excluding hydrogens is 253 g/mol. The molecule has 0 N–H and O–H groups in total. The lowest BCUT2D eigenvalue weighted by atomic mass is 10.1. The lowest BCUT2D eigenvalue weighted by Crippen LogP contribution is -1.90. The van der Waals surface area contributed by atoms with Crippen molar-refractivity contribution in [3.63, 3.8) is 0 Å². The summed E-state index contributed by atoms with van der Waals surface area (Å²) in [6, 6.07) is 13.1. The molecule has 0 saturated heterocycles. The maximum absolute atomic E-state index is 13.7. The Morgan fingerprint density at radius 1 is 1.17 bits per heavy atom. The van der Waals surface area contributed by atoms with Crippen LogP contribution < -0.4 is 4.74 Å². The first-order chi connectivity index (χ1) is 8.69. The van der Waals surface area contributed by atoms with Crippen molar-refractivity contribution in [3.8, 4) is 17.6 Å². The van der Waals surface area contributed by atoms with Crippen LogP contribution in [0.5, 0.6) is 11.5 Å². The predicted molar refractivity (Wildman–Crippen MR) is 67.2 cm³/mol. The van der Waals surface area contributed by atoms with Crippen LogP contribution in [-0.2, 0) is 6.42 Å². The van der Waals surface area contributed by atoms with E-state index in [0.717, 1.165) is 0 Å². The molecule has 2 aromatic carbocycles. The van der Waals surface area contributed by atoms with E-state index in [-0.39, 0.29) is 12.2 Å². The molecule has 0 saturated carbocycles. The zero-order valence-corrected chi connectivity index (χ0v) is 10.1. The van der Waals surface area contributed by atoms with Crippen LogP contribution >= 0.6 is 11.6 Å². The van der Waals surface area contributed by atoms with Crippen LogP contribution in [0.1, 0.15) is 5.56 Å². The van der Waals surface area contributed by atoms with Crippen molar-refractivity contribution in [3.05, 3.63) is 58.9 Å². The highest BCUT2D eigenvalue weighted by Gasteiger charge is 2.06. The first-order valence-corrected chi connectivity index (χ1v) is 5.65. The lowest BCUT2D eigenvalue weighted by molar-refractivity contribution is 0.442. The van der Waals surface area contributed by atoms with E-state index in [2.05, 4.69) is 0 Å². The fourth-order valence-electron chi connectivity index (χ4n) is 1.46. The minimum Gasteiger partial charge on any atom is -0.454 e. The maximum Gasteiger partial charge on any atom is 0.166 e. The highest BCUT2D eigenvalue weighted by atomic mass is 35.5. The molecule has 2 nitrogen and oxygen atoms in total. The highest BCUT2D eigenvalue weighted by molar-refractivity contribution is 6.30. The summed E-state index contributed by atoms with van der Waals surface area (Å²) >= 11 is 5.74. The van der Waals surface area contributed by atoms with Gasteiger partial charge in [-0.05, 0) is 42.0 Å². The largest absolute Gasteiger partial charge is 0.454 e. The molecular formula is C14H9ClFNO. The SMILES string of the molecule is N#CCc1ccc(Oc2ccc(Cl)cc2)c(F)c1. The van der Waals surface area contributed by atoms with Crippen molar-refractivity contribution in [2.24, 2.45) is 0 Å². The summed E-state index contributed by atoms with van der Waals surface area (Å²) in [6.45, 7) is 0. The number of nitrogens with zero attached hydrogens (tertiary/aromatic N) is 1. The van der Waals surface area contributed by atoms with Crippen LogP contribution in [0.25, 0.3) is 0 Å². The molecule has 90 valence electrons. The molecule has 18 heavy (non-hydrogen) atoms. The molecule has 2 rings (SSSR count). The van der Waals surface area contributed by atoms with Gasteiger partial charge in [-0.25, -0.2) is 4.39 Å². The molecule has 0 fully saturated rings. The van der Waals surface area contributed by atoms with E-state index >= 15 is 0 Å². The summed E-state index contributed by atoms with van der Waals surface area (Å²) in [5.74, 6) is 0.142. The van der Waals surface area contributed by atoms with E-state index in [1.54, 1.807) is 30.3 Å². The normalized spacial score (nSPS) is 9.83. The Labute approximate surface area is 109 Å². The standard InChI is InChI=1S/C14H9ClFNO/c15-11-2-4-12(5-3-11)18-14-6-1-10(7-8-17)9-13(14)16/h1-6,9H,7H2. The first-order valence-electron chi connectivity index (χ1n) is 5.28. The van der Waals surface area contributed by atoms with E-state index < -0.39 is 5.82 Å². The second kappa shape index (κ2) is 5.52. The molecule has 0 aliphatic rings. The molecule has 0 unspecified atom stereocenters. The Morgan fingerprint density at radius 3 is 2.50 bits per heavy atom. The number of halogens is 2. The van der Waals surface area contributed by atoms with Crippen molar-refractivity contribution in [1.82, 2.24) is 0 Å². The lowest BCUT2D eigenvalue weighted by Gasteiger charge is -2.07. The average Bonchev–Trinajstić information content (AvgIpc) is 2.36. The third-order valence-electron chi connectivity index (χ3n) is 2.32. The minimum absolute atomic E-state index is 0.124. The van der Waals surface area contributed by atoms with Crippen molar-refractivity contribution in [2.45, 2.75) is 6.42 Å². The zero-order chi connectivity index (χ0) is 13.0. The highest BCUT2D eigenvalue weighted by Crippen LogP contribution is 2.26. The Kier molecular flexibility index (Phi) is 3.81. The van der Waals surface area contributed by atoms with Gasteiger partial charge in [-0.15, -0.1) is 0 Å². The number of ether oxygens (including phenoxy) is 1. The van der Waals surface area contributed by atoms with Crippen LogP contribution in [-0.4, -0.2) is 0 Å². The van der Waals surface area contributed by atoms with Crippen LogP contribution in [0, 0.1) is 17.1 Å². The van der Waals surface area contributed by atoms with Crippen molar-refractivity contribution in [2.75, 3.05) is 0 Å². The summed E-state index contributed by atoms with van der Waals surface area (Å²) in [7, 11) is 0. The van der Waals surface area contributed by atoms with Crippen LogP contribution in [0.15, 0.2) is 42.5 Å². The molecule has 0 spiro atoms. The fourth-order valence-corrected chi connectivity index (χ4v) is 1.58. The van der Waals surface area contributed by atoms with Crippen molar-refractivity contribution < 1.29 is 9.13 Å². The Morgan fingerprint density at radius 2 is 1.89 bits per heavy atom. The molecule has 0 amide bonds. The van der Waals surface area contributed by atoms with Gasteiger partial charge < -0.3 is 4.74 Å². The monoisotopic (exact) mass is 261 g/mol. The minimum atomic E-state index is -0.488. The molecule has 0 atom stereocenters.